The van der Waals surface area contributed by atoms with E-state index in [9.17, 15) is 9.18 Å². The van der Waals surface area contributed by atoms with Gasteiger partial charge in [0.15, 0.2) is 5.16 Å². The number of carbonyl (C=O) groups is 1. The van der Waals surface area contributed by atoms with E-state index in [2.05, 4.69) is 40.9 Å². The summed E-state index contributed by atoms with van der Waals surface area (Å²) in [5, 5.41) is 12.0. The van der Waals surface area contributed by atoms with Crippen LogP contribution in [0.3, 0.4) is 0 Å². The average Bonchev–Trinajstić information content (AvgIpc) is 3.42. The molecule has 2 heterocycles. The van der Waals surface area contributed by atoms with Crippen molar-refractivity contribution in [2.24, 2.45) is 0 Å². The summed E-state index contributed by atoms with van der Waals surface area (Å²) in [7, 11) is 0. The smallest absolute Gasteiger partial charge is 0.234 e. The Morgan fingerprint density at radius 1 is 1.33 bits per heavy atom. The van der Waals surface area contributed by atoms with Gasteiger partial charge in [0.05, 0.1) is 24.7 Å². The Morgan fingerprint density at radius 2 is 2.11 bits per heavy atom. The van der Waals surface area contributed by atoms with E-state index in [1.54, 1.807) is 6.07 Å². The van der Waals surface area contributed by atoms with Crippen LogP contribution in [0.5, 0.6) is 0 Å². The molecule has 0 spiro atoms. The van der Waals surface area contributed by atoms with Crippen LogP contribution in [0.2, 0.25) is 0 Å². The van der Waals surface area contributed by atoms with Gasteiger partial charge in [-0.2, -0.15) is 0 Å². The van der Waals surface area contributed by atoms with Crippen LogP contribution >= 0.6 is 27.7 Å². The predicted molar refractivity (Wildman–Crippen MR) is 105 cm³/mol. The lowest BCUT2D eigenvalue weighted by molar-refractivity contribution is -0.113. The number of ether oxygens (including phenoxy) is 1. The quantitative estimate of drug-likeness (QED) is 0.674. The number of thioether (sulfide) groups is 1. The van der Waals surface area contributed by atoms with Gasteiger partial charge in [-0.3, -0.25) is 9.36 Å². The van der Waals surface area contributed by atoms with Crippen molar-refractivity contribution < 1.29 is 13.9 Å². The number of carbonyl (C=O) groups excluding carboxylic acids is 1. The third kappa shape index (κ3) is 4.44. The van der Waals surface area contributed by atoms with Gasteiger partial charge in [0.25, 0.3) is 0 Å². The van der Waals surface area contributed by atoms with Gasteiger partial charge in [-0.1, -0.05) is 27.7 Å². The predicted octanol–water partition coefficient (Wildman–Crippen LogP) is 3.08. The van der Waals surface area contributed by atoms with Crippen molar-refractivity contribution in [3.8, 4) is 0 Å². The van der Waals surface area contributed by atoms with E-state index in [1.807, 2.05) is 0 Å². The van der Waals surface area contributed by atoms with E-state index in [1.165, 1.54) is 23.9 Å². The molecule has 0 bridgehead atoms. The summed E-state index contributed by atoms with van der Waals surface area (Å²) in [5.41, 5.74) is 0.168. The SMILES string of the molecule is O=C(CSc1nnc(N2CCOCC2)n1C1CC1)Nc1ccc(Br)cc1F. The lowest BCUT2D eigenvalue weighted by Crippen LogP contribution is -2.38. The van der Waals surface area contributed by atoms with Gasteiger partial charge in [0, 0.05) is 23.6 Å². The monoisotopic (exact) mass is 455 g/mol. The number of nitrogens with zero attached hydrogens (tertiary/aromatic N) is 4. The van der Waals surface area contributed by atoms with Crippen LogP contribution in [-0.2, 0) is 9.53 Å². The molecule has 1 amide bonds. The number of nitrogens with one attached hydrogen (secondary N) is 1. The molecule has 10 heteroatoms. The van der Waals surface area contributed by atoms with Crippen LogP contribution in [-0.4, -0.2) is 52.7 Å². The van der Waals surface area contributed by atoms with Crippen molar-refractivity contribution in [1.29, 1.82) is 0 Å². The highest BCUT2D eigenvalue weighted by atomic mass is 79.9. The van der Waals surface area contributed by atoms with Crippen LogP contribution in [0.25, 0.3) is 0 Å². The van der Waals surface area contributed by atoms with E-state index in [-0.39, 0.29) is 17.3 Å². The minimum atomic E-state index is -0.474. The molecule has 0 radical (unpaired) electrons. The number of anilines is 2. The number of amides is 1. The molecule has 0 unspecified atom stereocenters. The van der Waals surface area contributed by atoms with Crippen LogP contribution < -0.4 is 10.2 Å². The lowest BCUT2D eigenvalue weighted by Gasteiger charge is -2.27. The second-order valence-corrected chi connectivity index (χ2v) is 8.30. The fourth-order valence-corrected chi connectivity index (χ4v) is 4.04. The minimum absolute atomic E-state index is 0.142. The van der Waals surface area contributed by atoms with E-state index in [0.717, 1.165) is 37.0 Å². The highest BCUT2D eigenvalue weighted by molar-refractivity contribution is 9.10. The fraction of sp³-hybridized carbons (Fsp3) is 0.471. The highest BCUT2D eigenvalue weighted by Crippen LogP contribution is 2.41. The van der Waals surface area contributed by atoms with Gasteiger partial charge < -0.3 is 15.0 Å². The molecule has 1 aromatic heterocycles. The Labute approximate surface area is 168 Å². The lowest BCUT2D eigenvalue weighted by atomic mass is 10.3. The molecule has 1 saturated heterocycles. The summed E-state index contributed by atoms with van der Waals surface area (Å²) < 4.78 is 22.0. The molecule has 4 rings (SSSR count). The normalized spacial score (nSPS) is 17.2. The Kier molecular flexibility index (Phi) is 5.65. The molecule has 1 aliphatic heterocycles. The number of halogens is 2. The molecule has 0 atom stereocenters. The van der Waals surface area contributed by atoms with Crippen molar-refractivity contribution in [1.82, 2.24) is 14.8 Å². The zero-order valence-corrected chi connectivity index (χ0v) is 16.9. The fourth-order valence-electron chi connectivity index (χ4n) is 2.91. The second-order valence-electron chi connectivity index (χ2n) is 6.44. The van der Waals surface area contributed by atoms with Crippen LogP contribution in [0.1, 0.15) is 18.9 Å². The molecule has 2 fully saturated rings. The van der Waals surface area contributed by atoms with E-state index >= 15 is 0 Å². The summed E-state index contributed by atoms with van der Waals surface area (Å²) in [6.45, 7) is 2.94. The van der Waals surface area contributed by atoms with Crippen LogP contribution in [0.15, 0.2) is 27.8 Å². The molecule has 7 nitrogen and oxygen atoms in total. The molecular formula is C17H19BrFN5O2S. The maximum absolute atomic E-state index is 13.9. The number of benzene rings is 1. The Morgan fingerprint density at radius 3 is 2.81 bits per heavy atom. The van der Waals surface area contributed by atoms with Crippen LogP contribution in [0.4, 0.5) is 16.0 Å². The zero-order chi connectivity index (χ0) is 18.8. The van der Waals surface area contributed by atoms with Crippen molar-refractivity contribution >= 4 is 45.2 Å². The van der Waals surface area contributed by atoms with Gasteiger partial charge >= 0.3 is 0 Å². The largest absolute Gasteiger partial charge is 0.378 e. The molecule has 144 valence electrons. The molecule has 2 aromatic rings. The van der Waals surface area contributed by atoms with Gasteiger partial charge in [-0.15, -0.1) is 10.2 Å². The van der Waals surface area contributed by atoms with Crippen molar-refractivity contribution in [3.63, 3.8) is 0 Å². The van der Waals surface area contributed by atoms with Gasteiger partial charge in [0.1, 0.15) is 5.82 Å². The number of rotatable bonds is 6. The van der Waals surface area contributed by atoms with Gasteiger partial charge in [-0.05, 0) is 31.0 Å². The molecular weight excluding hydrogens is 437 g/mol. The van der Waals surface area contributed by atoms with Gasteiger partial charge in [-0.25, -0.2) is 4.39 Å². The van der Waals surface area contributed by atoms with E-state index in [0.29, 0.717) is 23.7 Å². The second kappa shape index (κ2) is 8.15. The first-order valence-corrected chi connectivity index (χ1v) is 10.5. The minimum Gasteiger partial charge on any atom is -0.378 e. The first kappa shape index (κ1) is 18.7. The zero-order valence-electron chi connectivity index (χ0n) is 14.5. The Balaban J connectivity index is 1.42. The third-order valence-corrected chi connectivity index (χ3v) is 5.83. The molecule has 2 aliphatic rings. The topological polar surface area (TPSA) is 72.3 Å². The van der Waals surface area contributed by atoms with Crippen molar-refractivity contribution in [2.45, 2.75) is 24.0 Å². The van der Waals surface area contributed by atoms with Crippen molar-refractivity contribution in [3.05, 3.63) is 28.5 Å². The van der Waals surface area contributed by atoms with Crippen LogP contribution in [0, 0.1) is 5.82 Å². The number of hydrogen-bond donors (Lipinski definition) is 1. The molecule has 1 saturated carbocycles. The maximum Gasteiger partial charge on any atom is 0.234 e. The van der Waals surface area contributed by atoms with E-state index in [4.69, 9.17) is 4.74 Å². The highest BCUT2D eigenvalue weighted by Gasteiger charge is 2.32. The Hall–Kier alpha value is -1.65. The summed E-state index contributed by atoms with van der Waals surface area (Å²) in [6, 6.07) is 4.93. The molecule has 1 aromatic carbocycles. The Bertz CT molecular complexity index is 839. The number of morpholine rings is 1. The summed E-state index contributed by atoms with van der Waals surface area (Å²) in [5.74, 6) is 0.240. The maximum atomic E-state index is 13.9. The number of hydrogen-bond acceptors (Lipinski definition) is 6. The molecule has 1 N–H and O–H groups in total. The summed E-state index contributed by atoms with van der Waals surface area (Å²) >= 11 is 4.52. The van der Waals surface area contributed by atoms with Crippen molar-refractivity contribution in [2.75, 3.05) is 42.3 Å². The van der Waals surface area contributed by atoms with E-state index < -0.39 is 5.82 Å². The number of aromatic nitrogens is 3. The molecule has 27 heavy (non-hydrogen) atoms. The summed E-state index contributed by atoms with van der Waals surface area (Å²) in [6.07, 6.45) is 2.19. The average molecular weight is 456 g/mol. The standard InChI is InChI=1S/C17H19BrFN5O2S/c18-11-1-4-14(13(19)9-11)20-15(25)10-27-17-22-21-16(24(17)12-2-3-12)23-5-7-26-8-6-23/h1,4,9,12H,2-3,5-8,10H2,(H,20,25). The molecule has 1 aliphatic carbocycles. The summed E-state index contributed by atoms with van der Waals surface area (Å²) in [4.78, 5) is 14.4. The first-order chi connectivity index (χ1) is 13.1. The third-order valence-electron chi connectivity index (χ3n) is 4.39. The first-order valence-electron chi connectivity index (χ1n) is 8.77. The van der Waals surface area contributed by atoms with Gasteiger partial charge in [0.2, 0.25) is 11.9 Å².